The number of benzene rings is 1. The van der Waals surface area contributed by atoms with Gasteiger partial charge in [-0.15, -0.1) is 0 Å². The van der Waals surface area contributed by atoms with Crippen LogP contribution in [0, 0.1) is 0 Å². The number of piperidine rings is 1. The highest BCUT2D eigenvalue weighted by atomic mass is 15.0. The van der Waals surface area contributed by atoms with E-state index in [1.807, 2.05) is 0 Å². The van der Waals surface area contributed by atoms with Crippen LogP contribution in [-0.2, 0) is 12.8 Å². The van der Waals surface area contributed by atoms with Crippen LogP contribution in [0.1, 0.15) is 24.0 Å². The zero-order chi connectivity index (χ0) is 10.8. The van der Waals surface area contributed by atoms with Crippen LogP contribution in [-0.4, -0.2) is 25.2 Å². The van der Waals surface area contributed by atoms with Gasteiger partial charge < -0.3 is 10.6 Å². The Morgan fingerprint density at radius 2 is 1.81 bits per heavy atom. The quantitative estimate of drug-likeness (QED) is 0.783. The third kappa shape index (κ3) is 2.13. The fraction of sp³-hybridized carbons (Fsp3) is 0.571. The van der Waals surface area contributed by atoms with Gasteiger partial charge in [0.15, 0.2) is 0 Å². The van der Waals surface area contributed by atoms with Gasteiger partial charge in [-0.1, -0.05) is 24.3 Å². The fourth-order valence-electron chi connectivity index (χ4n) is 3.00. The molecule has 3 rings (SSSR count). The Morgan fingerprint density at radius 1 is 1.06 bits per heavy atom. The molecule has 16 heavy (non-hydrogen) atoms. The van der Waals surface area contributed by atoms with E-state index in [-0.39, 0.29) is 0 Å². The summed E-state index contributed by atoms with van der Waals surface area (Å²) in [6, 6.07) is 10.2. The minimum Gasteiger partial charge on any atom is -0.315 e. The molecule has 0 saturated carbocycles. The van der Waals surface area contributed by atoms with E-state index >= 15 is 0 Å². The molecule has 1 aromatic carbocycles. The lowest BCUT2D eigenvalue weighted by molar-refractivity contribution is 0.353. The van der Waals surface area contributed by atoms with E-state index in [0.29, 0.717) is 12.1 Å². The van der Waals surface area contributed by atoms with Crippen LogP contribution in [0.15, 0.2) is 24.3 Å². The minimum atomic E-state index is 0.669. The molecule has 1 aliphatic carbocycles. The first kappa shape index (κ1) is 10.3. The molecule has 2 aliphatic rings. The zero-order valence-corrected chi connectivity index (χ0v) is 9.71. The number of hydrogen-bond donors (Lipinski definition) is 2. The van der Waals surface area contributed by atoms with Gasteiger partial charge in [0.2, 0.25) is 0 Å². The normalized spacial score (nSPS) is 25.6. The summed E-state index contributed by atoms with van der Waals surface area (Å²) < 4.78 is 0. The second kappa shape index (κ2) is 4.56. The van der Waals surface area contributed by atoms with E-state index in [2.05, 4.69) is 34.9 Å². The maximum atomic E-state index is 3.80. The van der Waals surface area contributed by atoms with Crippen molar-refractivity contribution >= 4 is 0 Å². The van der Waals surface area contributed by atoms with E-state index in [1.54, 1.807) is 11.1 Å². The van der Waals surface area contributed by atoms with Gasteiger partial charge in [0, 0.05) is 18.6 Å². The lowest BCUT2D eigenvalue weighted by atomic mass is 10.1. The van der Waals surface area contributed by atoms with Crippen LogP contribution in [0.3, 0.4) is 0 Å². The molecule has 2 nitrogen and oxygen atoms in total. The van der Waals surface area contributed by atoms with Gasteiger partial charge in [0.05, 0.1) is 0 Å². The number of nitrogens with one attached hydrogen (secondary N) is 2. The van der Waals surface area contributed by atoms with Crippen LogP contribution in [0.4, 0.5) is 0 Å². The maximum absolute atomic E-state index is 3.80. The van der Waals surface area contributed by atoms with Gasteiger partial charge in [-0.25, -0.2) is 0 Å². The second-order valence-electron chi connectivity index (χ2n) is 5.08. The van der Waals surface area contributed by atoms with Crippen molar-refractivity contribution in [1.29, 1.82) is 0 Å². The molecule has 1 saturated heterocycles. The highest BCUT2D eigenvalue weighted by Gasteiger charge is 2.23. The summed E-state index contributed by atoms with van der Waals surface area (Å²) in [5.41, 5.74) is 3.09. The van der Waals surface area contributed by atoms with Gasteiger partial charge in [-0.05, 0) is 43.4 Å². The standard InChI is InChI=1S/C14H20N2/c1-2-5-12-9-14(8-11(12)4-1)16-13-6-3-7-15-10-13/h1-2,4-5,13-16H,3,6-10H2. The Labute approximate surface area is 97.4 Å². The van der Waals surface area contributed by atoms with Crippen molar-refractivity contribution in [2.45, 2.75) is 37.8 Å². The van der Waals surface area contributed by atoms with Gasteiger partial charge in [-0.3, -0.25) is 0 Å². The van der Waals surface area contributed by atoms with E-state index in [1.165, 1.54) is 32.2 Å². The average molecular weight is 216 g/mol. The third-order valence-corrected chi connectivity index (χ3v) is 3.82. The monoisotopic (exact) mass is 216 g/mol. The summed E-state index contributed by atoms with van der Waals surface area (Å²) in [5, 5.41) is 7.27. The van der Waals surface area contributed by atoms with E-state index in [0.717, 1.165) is 6.54 Å². The molecule has 1 unspecified atom stereocenters. The molecule has 86 valence electrons. The van der Waals surface area contributed by atoms with Gasteiger partial charge in [-0.2, -0.15) is 0 Å². The zero-order valence-electron chi connectivity index (χ0n) is 9.71. The predicted octanol–water partition coefficient (Wildman–Crippen LogP) is 1.50. The van der Waals surface area contributed by atoms with Crippen LogP contribution in [0.5, 0.6) is 0 Å². The molecule has 2 heteroatoms. The minimum absolute atomic E-state index is 0.669. The highest BCUT2D eigenvalue weighted by Crippen LogP contribution is 2.22. The molecule has 0 bridgehead atoms. The lowest BCUT2D eigenvalue weighted by Gasteiger charge is -2.27. The van der Waals surface area contributed by atoms with E-state index < -0.39 is 0 Å². The largest absolute Gasteiger partial charge is 0.315 e. The van der Waals surface area contributed by atoms with Crippen molar-refractivity contribution in [3.8, 4) is 0 Å². The summed E-state index contributed by atoms with van der Waals surface area (Å²) in [6.07, 6.45) is 5.08. The summed E-state index contributed by atoms with van der Waals surface area (Å²) in [7, 11) is 0. The molecule has 0 amide bonds. The van der Waals surface area contributed by atoms with Crippen LogP contribution >= 0.6 is 0 Å². The van der Waals surface area contributed by atoms with Crippen LogP contribution in [0.25, 0.3) is 0 Å². The predicted molar refractivity (Wildman–Crippen MR) is 66.7 cm³/mol. The van der Waals surface area contributed by atoms with Gasteiger partial charge >= 0.3 is 0 Å². The molecule has 1 atom stereocenters. The fourth-order valence-corrected chi connectivity index (χ4v) is 3.00. The van der Waals surface area contributed by atoms with Crippen LogP contribution < -0.4 is 10.6 Å². The SMILES string of the molecule is c1ccc2c(c1)CC(NC1CCCNC1)C2. The lowest BCUT2D eigenvalue weighted by Crippen LogP contribution is -2.47. The molecule has 0 aromatic heterocycles. The molecular weight excluding hydrogens is 196 g/mol. The molecule has 1 aromatic rings. The number of rotatable bonds is 2. The van der Waals surface area contributed by atoms with Crippen molar-refractivity contribution in [3.05, 3.63) is 35.4 Å². The summed E-state index contributed by atoms with van der Waals surface area (Å²) in [4.78, 5) is 0. The van der Waals surface area contributed by atoms with Crippen molar-refractivity contribution < 1.29 is 0 Å². The second-order valence-corrected chi connectivity index (χ2v) is 5.08. The summed E-state index contributed by atoms with van der Waals surface area (Å²) >= 11 is 0. The third-order valence-electron chi connectivity index (χ3n) is 3.82. The first-order valence-electron chi connectivity index (χ1n) is 6.45. The van der Waals surface area contributed by atoms with Crippen molar-refractivity contribution in [1.82, 2.24) is 10.6 Å². The Hall–Kier alpha value is -0.860. The average Bonchev–Trinajstić information content (AvgIpc) is 2.72. The molecule has 0 spiro atoms. The molecular formula is C14H20N2. The Kier molecular flexibility index (Phi) is 2.94. The Morgan fingerprint density at radius 3 is 2.44 bits per heavy atom. The van der Waals surface area contributed by atoms with E-state index in [9.17, 15) is 0 Å². The Bertz CT molecular complexity index is 331. The van der Waals surface area contributed by atoms with Crippen molar-refractivity contribution in [2.24, 2.45) is 0 Å². The number of hydrogen-bond acceptors (Lipinski definition) is 2. The molecule has 1 fully saturated rings. The van der Waals surface area contributed by atoms with E-state index in [4.69, 9.17) is 0 Å². The summed E-state index contributed by atoms with van der Waals surface area (Å²) in [5.74, 6) is 0. The number of fused-ring (bicyclic) bond motifs is 1. The molecule has 2 N–H and O–H groups in total. The first-order valence-corrected chi connectivity index (χ1v) is 6.45. The molecule has 1 heterocycles. The van der Waals surface area contributed by atoms with Gasteiger partial charge in [0.1, 0.15) is 0 Å². The highest BCUT2D eigenvalue weighted by molar-refractivity contribution is 5.33. The maximum Gasteiger partial charge on any atom is 0.0195 e. The molecule has 1 aliphatic heterocycles. The van der Waals surface area contributed by atoms with Crippen LogP contribution in [0.2, 0.25) is 0 Å². The Balaban J connectivity index is 1.59. The summed E-state index contributed by atoms with van der Waals surface area (Å²) in [6.45, 7) is 2.34. The first-order chi connectivity index (χ1) is 7.92. The van der Waals surface area contributed by atoms with Gasteiger partial charge in [0.25, 0.3) is 0 Å². The van der Waals surface area contributed by atoms with Crippen molar-refractivity contribution in [2.75, 3.05) is 13.1 Å². The smallest absolute Gasteiger partial charge is 0.0195 e. The van der Waals surface area contributed by atoms with Crippen molar-refractivity contribution in [3.63, 3.8) is 0 Å². The molecule has 0 radical (unpaired) electrons. The topological polar surface area (TPSA) is 24.1 Å².